The number of carbonyl (C=O) groups excluding carboxylic acids is 1. The third-order valence-corrected chi connectivity index (χ3v) is 3.14. The zero-order chi connectivity index (χ0) is 12.6. The number of hydrogen-bond acceptors (Lipinski definition) is 2. The minimum atomic E-state index is -0.0282. The normalized spacial score (nSPS) is 23.3. The summed E-state index contributed by atoms with van der Waals surface area (Å²) < 4.78 is 0. The van der Waals surface area contributed by atoms with E-state index < -0.39 is 0 Å². The van der Waals surface area contributed by atoms with E-state index in [9.17, 15) is 4.79 Å². The molecule has 0 bridgehead atoms. The van der Waals surface area contributed by atoms with Crippen LogP contribution in [0.5, 0.6) is 0 Å². The Morgan fingerprint density at radius 1 is 1.35 bits per heavy atom. The molecule has 17 heavy (non-hydrogen) atoms. The van der Waals surface area contributed by atoms with Gasteiger partial charge in [-0.3, -0.25) is 4.79 Å². The largest absolute Gasteiger partial charge is 0.348 e. The van der Waals surface area contributed by atoms with Crippen LogP contribution >= 0.6 is 0 Å². The lowest BCUT2D eigenvalue weighted by Gasteiger charge is -2.22. The lowest BCUT2D eigenvalue weighted by Crippen LogP contribution is -2.31. The average Bonchev–Trinajstić information content (AvgIpc) is 2.93. The van der Waals surface area contributed by atoms with Crippen molar-refractivity contribution in [3.05, 3.63) is 35.4 Å². The van der Waals surface area contributed by atoms with E-state index in [1.165, 1.54) is 0 Å². The topological polar surface area (TPSA) is 55.1 Å². The van der Waals surface area contributed by atoms with Gasteiger partial charge < -0.3 is 11.1 Å². The van der Waals surface area contributed by atoms with Crippen LogP contribution in [0.25, 0.3) is 0 Å². The number of rotatable bonds is 2. The molecular weight excluding hydrogens is 212 g/mol. The highest BCUT2D eigenvalue weighted by atomic mass is 16.1. The molecule has 0 saturated heterocycles. The molecule has 1 saturated carbocycles. The summed E-state index contributed by atoms with van der Waals surface area (Å²) >= 11 is 0. The number of carbonyl (C=O) groups is 1. The third-order valence-electron chi connectivity index (χ3n) is 3.14. The predicted octanol–water partition coefficient (Wildman–Crippen LogP) is 1.81. The lowest BCUT2D eigenvalue weighted by molar-refractivity contribution is 0.0948. The van der Waals surface area contributed by atoms with Gasteiger partial charge in [-0.1, -0.05) is 39.0 Å². The van der Waals surface area contributed by atoms with Crippen LogP contribution in [0.4, 0.5) is 0 Å². The van der Waals surface area contributed by atoms with Crippen LogP contribution in [0, 0.1) is 0 Å². The Morgan fingerprint density at radius 2 is 1.94 bits per heavy atom. The van der Waals surface area contributed by atoms with Gasteiger partial charge in [0, 0.05) is 17.6 Å². The van der Waals surface area contributed by atoms with Crippen LogP contribution in [-0.4, -0.2) is 18.0 Å². The van der Waals surface area contributed by atoms with E-state index in [-0.39, 0.29) is 23.4 Å². The zero-order valence-electron chi connectivity index (χ0n) is 10.7. The van der Waals surface area contributed by atoms with Gasteiger partial charge in [-0.15, -0.1) is 0 Å². The van der Waals surface area contributed by atoms with Gasteiger partial charge in [0.2, 0.25) is 0 Å². The van der Waals surface area contributed by atoms with Gasteiger partial charge in [-0.05, 0) is 23.5 Å². The summed E-state index contributed by atoms with van der Waals surface area (Å²) in [5.74, 6) is -0.00604. The fourth-order valence-corrected chi connectivity index (χ4v) is 1.96. The average molecular weight is 232 g/mol. The van der Waals surface area contributed by atoms with Crippen molar-refractivity contribution >= 4 is 5.91 Å². The van der Waals surface area contributed by atoms with Crippen LogP contribution in [0.1, 0.15) is 43.1 Å². The van der Waals surface area contributed by atoms with Crippen molar-refractivity contribution in [1.82, 2.24) is 5.32 Å². The lowest BCUT2D eigenvalue weighted by atomic mass is 9.83. The van der Waals surface area contributed by atoms with Crippen molar-refractivity contribution in [2.75, 3.05) is 0 Å². The molecule has 0 aliphatic heterocycles. The van der Waals surface area contributed by atoms with Crippen molar-refractivity contribution in [2.24, 2.45) is 5.73 Å². The quantitative estimate of drug-likeness (QED) is 0.817. The van der Waals surface area contributed by atoms with E-state index in [1.54, 1.807) is 0 Å². The number of benzene rings is 1. The van der Waals surface area contributed by atoms with E-state index >= 15 is 0 Å². The maximum atomic E-state index is 12.1. The molecule has 0 radical (unpaired) electrons. The number of nitrogens with two attached hydrogens (primary N) is 1. The molecule has 1 aromatic rings. The monoisotopic (exact) mass is 232 g/mol. The Bertz CT molecular complexity index is 434. The molecule has 1 aromatic carbocycles. The van der Waals surface area contributed by atoms with Crippen LogP contribution in [0.3, 0.4) is 0 Å². The molecule has 2 atom stereocenters. The molecule has 1 aliphatic carbocycles. The van der Waals surface area contributed by atoms with E-state index in [0.29, 0.717) is 0 Å². The SMILES string of the molecule is CC(C)(C)c1ccccc1C(=O)NC1CC1N. The van der Waals surface area contributed by atoms with Crippen molar-refractivity contribution in [3.8, 4) is 0 Å². The van der Waals surface area contributed by atoms with Crippen molar-refractivity contribution in [1.29, 1.82) is 0 Å². The first kappa shape index (κ1) is 12.1. The minimum Gasteiger partial charge on any atom is -0.348 e. The van der Waals surface area contributed by atoms with Crippen molar-refractivity contribution < 1.29 is 4.79 Å². The second-order valence-electron chi connectivity index (χ2n) is 5.78. The summed E-state index contributed by atoms with van der Waals surface area (Å²) in [7, 11) is 0. The molecule has 1 amide bonds. The van der Waals surface area contributed by atoms with Crippen LogP contribution in [-0.2, 0) is 5.41 Å². The molecule has 0 heterocycles. The van der Waals surface area contributed by atoms with Gasteiger partial charge in [0.05, 0.1) is 0 Å². The molecule has 1 fully saturated rings. The first-order chi connectivity index (χ1) is 7.89. The van der Waals surface area contributed by atoms with E-state index in [1.807, 2.05) is 24.3 Å². The molecule has 2 unspecified atom stereocenters. The Morgan fingerprint density at radius 3 is 2.47 bits per heavy atom. The third kappa shape index (κ3) is 2.67. The van der Waals surface area contributed by atoms with Gasteiger partial charge in [-0.2, -0.15) is 0 Å². The highest BCUT2D eigenvalue weighted by molar-refractivity contribution is 5.96. The Labute approximate surface area is 102 Å². The number of hydrogen-bond donors (Lipinski definition) is 2. The molecule has 92 valence electrons. The molecule has 3 heteroatoms. The standard InChI is InChI=1S/C14H20N2O/c1-14(2,3)10-7-5-4-6-9(10)13(17)16-12-8-11(12)15/h4-7,11-12H,8,15H2,1-3H3,(H,16,17). The fourth-order valence-electron chi connectivity index (χ4n) is 1.96. The van der Waals surface area contributed by atoms with Crippen LogP contribution in [0.2, 0.25) is 0 Å². The van der Waals surface area contributed by atoms with E-state index in [0.717, 1.165) is 17.5 Å². The summed E-state index contributed by atoms with van der Waals surface area (Å²) in [4.78, 5) is 12.1. The van der Waals surface area contributed by atoms with E-state index in [4.69, 9.17) is 5.73 Å². The maximum absolute atomic E-state index is 12.1. The van der Waals surface area contributed by atoms with E-state index in [2.05, 4.69) is 26.1 Å². The second kappa shape index (κ2) is 4.15. The van der Waals surface area contributed by atoms with Crippen molar-refractivity contribution in [2.45, 2.75) is 44.7 Å². The Hall–Kier alpha value is -1.35. The molecule has 1 aliphatic rings. The van der Waals surface area contributed by atoms with Crippen LogP contribution < -0.4 is 11.1 Å². The molecule has 0 aromatic heterocycles. The summed E-state index contributed by atoms with van der Waals surface area (Å²) in [6.45, 7) is 6.34. The van der Waals surface area contributed by atoms with Crippen molar-refractivity contribution in [3.63, 3.8) is 0 Å². The minimum absolute atomic E-state index is 0.00604. The van der Waals surface area contributed by atoms with Gasteiger partial charge in [-0.25, -0.2) is 0 Å². The molecule has 3 N–H and O–H groups in total. The molecule has 3 nitrogen and oxygen atoms in total. The predicted molar refractivity (Wildman–Crippen MR) is 69.0 cm³/mol. The maximum Gasteiger partial charge on any atom is 0.251 e. The summed E-state index contributed by atoms with van der Waals surface area (Å²) in [6, 6.07) is 8.07. The number of amides is 1. The van der Waals surface area contributed by atoms with Gasteiger partial charge in [0.25, 0.3) is 5.91 Å². The summed E-state index contributed by atoms with van der Waals surface area (Å²) in [5.41, 5.74) is 7.51. The molecule has 0 spiro atoms. The Balaban J connectivity index is 2.22. The molecular formula is C14H20N2O. The first-order valence-electron chi connectivity index (χ1n) is 6.05. The number of nitrogens with one attached hydrogen (secondary N) is 1. The second-order valence-corrected chi connectivity index (χ2v) is 5.78. The zero-order valence-corrected chi connectivity index (χ0v) is 10.7. The van der Waals surface area contributed by atoms with Crippen LogP contribution in [0.15, 0.2) is 24.3 Å². The summed E-state index contributed by atoms with van der Waals surface area (Å²) in [6.07, 6.45) is 0.892. The van der Waals surface area contributed by atoms with Gasteiger partial charge >= 0.3 is 0 Å². The Kier molecular flexibility index (Phi) is 2.96. The van der Waals surface area contributed by atoms with Gasteiger partial charge in [0.1, 0.15) is 0 Å². The highest BCUT2D eigenvalue weighted by Crippen LogP contribution is 2.26. The van der Waals surface area contributed by atoms with Gasteiger partial charge in [0.15, 0.2) is 0 Å². The first-order valence-corrected chi connectivity index (χ1v) is 6.05. The fraction of sp³-hybridized carbons (Fsp3) is 0.500. The smallest absolute Gasteiger partial charge is 0.251 e. The highest BCUT2D eigenvalue weighted by Gasteiger charge is 2.35. The molecule has 2 rings (SSSR count). The summed E-state index contributed by atoms with van der Waals surface area (Å²) in [5, 5.41) is 2.97.